The second-order valence-electron chi connectivity index (χ2n) is 3.43. The standard InChI is InChI=1S/C13H10N2O3/c1-18-12-5-9(6-13(16)17)2-3-11(12)4-10(7-14)8-15/h2-5H,6H2,1H3,(H,16,17). The number of ether oxygens (including phenoxy) is 1. The molecule has 0 heterocycles. The van der Waals surface area contributed by atoms with E-state index in [9.17, 15) is 4.79 Å². The molecular weight excluding hydrogens is 232 g/mol. The van der Waals surface area contributed by atoms with Gasteiger partial charge in [-0.15, -0.1) is 0 Å². The molecule has 1 aromatic carbocycles. The van der Waals surface area contributed by atoms with E-state index in [4.69, 9.17) is 20.4 Å². The van der Waals surface area contributed by atoms with Crippen molar-refractivity contribution < 1.29 is 14.6 Å². The van der Waals surface area contributed by atoms with Crippen molar-refractivity contribution in [2.45, 2.75) is 6.42 Å². The van der Waals surface area contributed by atoms with E-state index < -0.39 is 5.97 Å². The lowest BCUT2D eigenvalue weighted by Crippen LogP contribution is -2.00. The molecule has 0 saturated carbocycles. The highest BCUT2D eigenvalue weighted by molar-refractivity contribution is 5.72. The zero-order chi connectivity index (χ0) is 13.5. The number of allylic oxidation sites excluding steroid dienone is 1. The minimum absolute atomic E-state index is 0.0423. The predicted octanol–water partition coefficient (Wildman–Crippen LogP) is 1.75. The summed E-state index contributed by atoms with van der Waals surface area (Å²) in [6.07, 6.45) is 1.28. The molecular formula is C13H10N2O3. The van der Waals surface area contributed by atoms with Crippen molar-refractivity contribution in [3.8, 4) is 17.9 Å². The molecule has 0 atom stereocenters. The molecule has 18 heavy (non-hydrogen) atoms. The second kappa shape index (κ2) is 6.07. The number of carboxylic acids is 1. The fourth-order valence-electron chi connectivity index (χ4n) is 1.40. The second-order valence-corrected chi connectivity index (χ2v) is 3.43. The number of nitriles is 2. The van der Waals surface area contributed by atoms with E-state index in [1.165, 1.54) is 13.2 Å². The summed E-state index contributed by atoms with van der Waals surface area (Å²) in [5.41, 5.74) is 1.11. The van der Waals surface area contributed by atoms with E-state index >= 15 is 0 Å². The summed E-state index contributed by atoms with van der Waals surface area (Å²) in [6.45, 7) is 0. The molecule has 5 heteroatoms. The van der Waals surface area contributed by atoms with Gasteiger partial charge in [0, 0.05) is 5.56 Å². The van der Waals surface area contributed by atoms with E-state index in [1.807, 2.05) is 0 Å². The Bertz CT molecular complexity index is 561. The first-order valence-electron chi connectivity index (χ1n) is 5.01. The molecule has 0 aliphatic rings. The Morgan fingerprint density at radius 1 is 1.44 bits per heavy atom. The summed E-state index contributed by atoms with van der Waals surface area (Å²) in [4.78, 5) is 10.6. The average Bonchev–Trinajstić information content (AvgIpc) is 2.36. The molecule has 0 bridgehead atoms. The minimum atomic E-state index is -0.935. The molecule has 0 saturated heterocycles. The summed E-state index contributed by atoms with van der Waals surface area (Å²) in [5, 5.41) is 26.0. The Morgan fingerprint density at radius 3 is 2.61 bits per heavy atom. The van der Waals surface area contributed by atoms with E-state index in [2.05, 4.69) is 0 Å². The van der Waals surface area contributed by atoms with Crippen molar-refractivity contribution in [3.05, 3.63) is 34.9 Å². The molecule has 90 valence electrons. The van der Waals surface area contributed by atoms with Gasteiger partial charge in [0.05, 0.1) is 13.5 Å². The van der Waals surface area contributed by atoms with Crippen LogP contribution >= 0.6 is 0 Å². The Hall–Kier alpha value is -2.79. The molecule has 0 amide bonds. The summed E-state index contributed by atoms with van der Waals surface area (Å²) >= 11 is 0. The Labute approximate surface area is 104 Å². The van der Waals surface area contributed by atoms with Gasteiger partial charge in [0.2, 0.25) is 0 Å². The molecule has 5 nitrogen and oxygen atoms in total. The van der Waals surface area contributed by atoms with Gasteiger partial charge in [-0.2, -0.15) is 10.5 Å². The van der Waals surface area contributed by atoms with Crippen LogP contribution in [0.25, 0.3) is 6.08 Å². The lowest BCUT2D eigenvalue weighted by Gasteiger charge is -2.06. The van der Waals surface area contributed by atoms with E-state index in [0.717, 1.165) is 0 Å². The number of hydrogen-bond donors (Lipinski definition) is 1. The highest BCUT2D eigenvalue weighted by Gasteiger charge is 2.06. The quantitative estimate of drug-likeness (QED) is 0.811. The fraction of sp³-hybridized carbons (Fsp3) is 0.154. The van der Waals surface area contributed by atoms with Crippen molar-refractivity contribution >= 4 is 12.0 Å². The number of carbonyl (C=O) groups is 1. The van der Waals surface area contributed by atoms with Crippen molar-refractivity contribution in [1.82, 2.24) is 0 Å². The highest BCUT2D eigenvalue weighted by atomic mass is 16.5. The van der Waals surface area contributed by atoms with Crippen molar-refractivity contribution in [1.29, 1.82) is 10.5 Å². The van der Waals surface area contributed by atoms with Gasteiger partial charge in [0.1, 0.15) is 23.5 Å². The molecule has 0 spiro atoms. The monoisotopic (exact) mass is 242 g/mol. The topological polar surface area (TPSA) is 94.1 Å². The first kappa shape index (κ1) is 13.3. The van der Waals surface area contributed by atoms with Gasteiger partial charge in [0.15, 0.2) is 0 Å². The number of hydrogen-bond acceptors (Lipinski definition) is 4. The number of aliphatic carboxylic acids is 1. The number of rotatable bonds is 4. The van der Waals surface area contributed by atoms with Gasteiger partial charge in [0.25, 0.3) is 0 Å². The summed E-state index contributed by atoms with van der Waals surface area (Å²) in [7, 11) is 1.44. The van der Waals surface area contributed by atoms with Crippen molar-refractivity contribution in [2.75, 3.05) is 7.11 Å². The molecule has 1 rings (SSSR count). The first-order chi connectivity index (χ1) is 8.60. The summed E-state index contributed by atoms with van der Waals surface area (Å²) in [5.74, 6) is -0.508. The van der Waals surface area contributed by atoms with Crippen LogP contribution in [-0.2, 0) is 11.2 Å². The average molecular weight is 242 g/mol. The molecule has 1 N–H and O–H groups in total. The van der Waals surface area contributed by atoms with Gasteiger partial charge >= 0.3 is 5.97 Å². The van der Waals surface area contributed by atoms with Crippen LogP contribution in [0.1, 0.15) is 11.1 Å². The van der Waals surface area contributed by atoms with Crippen LogP contribution in [0, 0.1) is 22.7 Å². The predicted molar refractivity (Wildman–Crippen MR) is 63.5 cm³/mol. The third-order valence-electron chi connectivity index (χ3n) is 2.19. The number of benzene rings is 1. The van der Waals surface area contributed by atoms with E-state index in [1.54, 1.807) is 30.3 Å². The molecule has 0 aromatic heterocycles. The minimum Gasteiger partial charge on any atom is -0.496 e. The molecule has 0 aliphatic heterocycles. The number of carboxylic acid groups (broad SMARTS) is 1. The maximum atomic E-state index is 10.6. The van der Waals surface area contributed by atoms with Crippen LogP contribution in [0.5, 0.6) is 5.75 Å². The van der Waals surface area contributed by atoms with Gasteiger partial charge in [-0.05, 0) is 17.7 Å². The SMILES string of the molecule is COc1cc(CC(=O)O)ccc1C=C(C#N)C#N. The third-order valence-corrected chi connectivity index (χ3v) is 2.19. The van der Waals surface area contributed by atoms with Crippen LogP contribution in [0.15, 0.2) is 23.8 Å². The van der Waals surface area contributed by atoms with E-state index in [0.29, 0.717) is 16.9 Å². The van der Waals surface area contributed by atoms with E-state index in [-0.39, 0.29) is 12.0 Å². The summed E-state index contributed by atoms with van der Waals surface area (Å²) in [6, 6.07) is 8.31. The molecule has 0 unspecified atom stereocenters. The third kappa shape index (κ3) is 3.36. The van der Waals surface area contributed by atoms with Gasteiger partial charge in [-0.3, -0.25) is 4.79 Å². The maximum absolute atomic E-state index is 10.6. The summed E-state index contributed by atoms with van der Waals surface area (Å²) < 4.78 is 5.10. The van der Waals surface area contributed by atoms with Crippen molar-refractivity contribution in [2.24, 2.45) is 0 Å². The lowest BCUT2D eigenvalue weighted by molar-refractivity contribution is -0.136. The van der Waals surface area contributed by atoms with Crippen LogP contribution in [0.2, 0.25) is 0 Å². The molecule has 0 radical (unpaired) electrons. The Balaban J connectivity index is 3.17. The van der Waals surface area contributed by atoms with Crippen LogP contribution in [0.4, 0.5) is 0 Å². The van der Waals surface area contributed by atoms with Gasteiger partial charge < -0.3 is 9.84 Å². The highest BCUT2D eigenvalue weighted by Crippen LogP contribution is 2.23. The molecule has 1 aromatic rings. The zero-order valence-corrected chi connectivity index (χ0v) is 9.67. The van der Waals surface area contributed by atoms with Gasteiger partial charge in [-0.25, -0.2) is 0 Å². The Morgan fingerprint density at radius 2 is 2.11 bits per heavy atom. The normalized spacial score (nSPS) is 8.83. The molecule has 0 aliphatic carbocycles. The Kier molecular flexibility index (Phi) is 4.48. The van der Waals surface area contributed by atoms with Crippen LogP contribution < -0.4 is 4.74 Å². The number of methoxy groups -OCH3 is 1. The lowest BCUT2D eigenvalue weighted by atomic mass is 10.1. The van der Waals surface area contributed by atoms with Crippen LogP contribution in [-0.4, -0.2) is 18.2 Å². The van der Waals surface area contributed by atoms with Gasteiger partial charge in [-0.1, -0.05) is 12.1 Å². The van der Waals surface area contributed by atoms with Crippen molar-refractivity contribution in [3.63, 3.8) is 0 Å². The molecule has 0 fully saturated rings. The van der Waals surface area contributed by atoms with Crippen LogP contribution in [0.3, 0.4) is 0 Å². The largest absolute Gasteiger partial charge is 0.496 e. The number of nitrogens with zero attached hydrogens (tertiary/aromatic N) is 2. The zero-order valence-electron chi connectivity index (χ0n) is 9.67. The fourth-order valence-corrected chi connectivity index (χ4v) is 1.40. The first-order valence-corrected chi connectivity index (χ1v) is 5.01. The smallest absolute Gasteiger partial charge is 0.307 e. The maximum Gasteiger partial charge on any atom is 0.307 e.